The fourth-order valence-corrected chi connectivity index (χ4v) is 3.53. The van der Waals surface area contributed by atoms with Crippen LogP contribution in [0.5, 0.6) is 5.75 Å². The van der Waals surface area contributed by atoms with E-state index in [-0.39, 0.29) is 18.1 Å². The molecule has 0 atom stereocenters. The maximum absolute atomic E-state index is 13.1. The number of benzene rings is 2. The van der Waals surface area contributed by atoms with E-state index in [2.05, 4.69) is 15.6 Å². The molecule has 0 unspecified atom stereocenters. The van der Waals surface area contributed by atoms with Gasteiger partial charge in [0.1, 0.15) is 17.3 Å². The summed E-state index contributed by atoms with van der Waals surface area (Å²) in [6.07, 6.45) is 1.56. The van der Waals surface area contributed by atoms with Gasteiger partial charge >= 0.3 is 5.97 Å². The standard InChI is InChI=1S/C25H27ClN6O4/c1-25(2,29)22-21(36-13-20(33)34)15(9-10-30-22)12-31-19-8-5-16(26)11-18(19)24(35)32-17-6-3-14(4-7-17)23(27)28/h3-11,31H,12-13,29H2,1-2H3,(H3,27,28)(H,32,35)(H,33,34). The number of hydrogen-bond acceptors (Lipinski definition) is 7. The number of carbonyl (C=O) groups excluding carboxylic acids is 1. The lowest BCUT2D eigenvalue weighted by atomic mass is 9.98. The number of nitrogens with two attached hydrogens (primary N) is 2. The molecule has 1 aromatic heterocycles. The van der Waals surface area contributed by atoms with Crippen molar-refractivity contribution >= 4 is 40.7 Å². The number of nitrogens with one attached hydrogen (secondary N) is 3. The van der Waals surface area contributed by atoms with E-state index < -0.39 is 24.0 Å². The zero-order valence-corrected chi connectivity index (χ0v) is 20.5. The molecule has 0 aliphatic heterocycles. The maximum Gasteiger partial charge on any atom is 0.341 e. The lowest BCUT2D eigenvalue weighted by Gasteiger charge is -2.23. The minimum Gasteiger partial charge on any atom is -0.480 e. The van der Waals surface area contributed by atoms with E-state index in [0.717, 1.165) is 0 Å². The molecule has 0 aliphatic rings. The summed E-state index contributed by atoms with van der Waals surface area (Å²) in [5.41, 5.74) is 13.7. The number of aromatic nitrogens is 1. The molecule has 0 aliphatic carbocycles. The quantitative estimate of drug-likeness (QED) is 0.177. The number of ether oxygens (including phenoxy) is 1. The van der Waals surface area contributed by atoms with E-state index in [1.807, 2.05) is 0 Å². The summed E-state index contributed by atoms with van der Waals surface area (Å²) in [7, 11) is 0. The third-order valence-electron chi connectivity index (χ3n) is 5.09. The van der Waals surface area contributed by atoms with Gasteiger partial charge in [-0.1, -0.05) is 11.6 Å². The topological polar surface area (TPSA) is 176 Å². The first-order chi connectivity index (χ1) is 17.0. The number of nitrogens with zero attached hydrogens (tertiary/aromatic N) is 1. The van der Waals surface area contributed by atoms with Gasteiger partial charge < -0.3 is 31.9 Å². The Morgan fingerprint density at radius 3 is 2.47 bits per heavy atom. The minimum atomic E-state index is -1.13. The molecule has 188 valence electrons. The summed E-state index contributed by atoms with van der Waals surface area (Å²) in [5, 5.41) is 22.9. The highest BCUT2D eigenvalue weighted by Crippen LogP contribution is 2.31. The highest BCUT2D eigenvalue weighted by atomic mass is 35.5. The molecule has 0 saturated carbocycles. The van der Waals surface area contributed by atoms with Gasteiger partial charge in [-0.05, 0) is 62.4 Å². The van der Waals surface area contributed by atoms with Crippen molar-refractivity contribution < 1.29 is 19.4 Å². The van der Waals surface area contributed by atoms with Crippen molar-refractivity contribution in [2.24, 2.45) is 11.5 Å². The van der Waals surface area contributed by atoms with Crippen LogP contribution in [0.15, 0.2) is 54.7 Å². The fraction of sp³-hybridized carbons (Fsp3) is 0.200. The number of carbonyl (C=O) groups is 2. The maximum atomic E-state index is 13.1. The van der Waals surface area contributed by atoms with Gasteiger partial charge in [-0.3, -0.25) is 15.2 Å². The second-order valence-corrected chi connectivity index (χ2v) is 8.98. The van der Waals surface area contributed by atoms with Gasteiger partial charge in [0.15, 0.2) is 6.61 Å². The smallest absolute Gasteiger partial charge is 0.341 e. The van der Waals surface area contributed by atoms with Crippen LogP contribution in [0.1, 0.15) is 41.0 Å². The molecule has 0 bridgehead atoms. The summed E-state index contributed by atoms with van der Waals surface area (Å²) in [6.45, 7) is 3.12. The van der Waals surface area contributed by atoms with Crippen molar-refractivity contribution in [3.63, 3.8) is 0 Å². The van der Waals surface area contributed by atoms with Crippen molar-refractivity contribution in [3.05, 3.63) is 82.1 Å². The first-order valence-electron chi connectivity index (χ1n) is 10.9. The number of amides is 1. The van der Waals surface area contributed by atoms with Crippen LogP contribution in [0.2, 0.25) is 5.02 Å². The Balaban J connectivity index is 1.86. The molecule has 0 spiro atoms. The van der Waals surface area contributed by atoms with E-state index in [0.29, 0.717) is 38.8 Å². The number of pyridine rings is 1. The van der Waals surface area contributed by atoms with Gasteiger partial charge in [-0.25, -0.2) is 4.79 Å². The van der Waals surface area contributed by atoms with Crippen molar-refractivity contribution in [2.75, 3.05) is 17.2 Å². The average molecular weight is 511 g/mol. The van der Waals surface area contributed by atoms with E-state index in [1.54, 1.807) is 62.5 Å². The van der Waals surface area contributed by atoms with Crippen LogP contribution in [0.4, 0.5) is 11.4 Å². The van der Waals surface area contributed by atoms with Gasteiger partial charge in [0.05, 0.1) is 11.1 Å². The number of nitrogen functional groups attached to an aromatic ring is 1. The molecule has 36 heavy (non-hydrogen) atoms. The van der Waals surface area contributed by atoms with Gasteiger partial charge in [-0.2, -0.15) is 0 Å². The molecule has 8 N–H and O–H groups in total. The van der Waals surface area contributed by atoms with E-state index in [9.17, 15) is 9.59 Å². The molecule has 0 fully saturated rings. The van der Waals surface area contributed by atoms with Crippen LogP contribution in [-0.2, 0) is 16.9 Å². The third kappa shape index (κ3) is 6.71. The highest BCUT2D eigenvalue weighted by molar-refractivity contribution is 6.31. The minimum absolute atomic E-state index is 0.0711. The Bertz CT molecular complexity index is 1290. The van der Waals surface area contributed by atoms with Crippen molar-refractivity contribution in [3.8, 4) is 5.75 Å². The van der Waals surface area contributed by atoms with Crippen LogP contribution in [0.3, 0.4) is 0 Å². The SMILES string of the molecule is CC(C)(N)c1nccc(CNc2ccc(Cl)cc2C(=O)Nc2ccc(C(=N)N)cc2)c1OCC(=O)O. The third-order valence-corrected chi connectivity index (χ3v) is 5.32. The molecular weight excluding hydrogens is 484 g/mol. The number of carboxylic acid groups (broad SMARTS) is 1. The van der Waals surface area contributed by atoms with Gasteiger partial charge in [0, 0.05) is 40.3 Å². The number of anilines is 2. The Morgan fingerprint density at radius 2 is 1.86 bits per heavy atom. The first-order valence-corrected chi connectivity index (χ1v) is 11.2. The summed E-state index contributed by atoms with van der Waals surface area (Å²) >= 11 is 6.16. The Kier molecular flexibility index (Phi) is 8.13. The molecule has 1 amide bonds. The molecule has 1 heterocycles. The second kappa shape index (κ2) is 11.1. The lowest BCUT2D eigenvalue weighted by Crippen LogP contribution is -2.31. The van der Waals surface area contributed by atoms with Crippen LogP contribution in [0.25, 0.3) is 0 Å². The predicted octanol–water partition coefficient (Wildman–Crippen LogP) is 3.54. The Hall–Kier alpha value is -4.15. The van der Waals surface area contributed by atoms with Crippen LogP contribution in [0, 0.1) is 5.41 Å². The van der Waals surface area contributed by atoms with Crippen molar-refractivity contribution in [1.82, 2.24) is 4.98 Å². The number of carboxylic acids is 1. The van der Waals surface area contributed by atoms with Crippen LogP contribution >= 0.6 is 11.6 Å². The first kappa shape index (κ1) is 26.5. The monoisotopic (exact) mass is 510 g/mol. The van der Waals surface area contributed by atoms with Crippen molar-refractivity contribution in [1.29, 1.82) is 5.41 Å². The molecule has 3 rings (SSSR count). The largest absolute Gasteiger partial charge is 0.480 e. The highest BCUT2D eigenvalue weighted by Gasteiger charge is 2.24. The summed E-state index contributed by atoms with van der Waals surface area (Å²) < 4.78 is 5.54. The predicted molar refractivity (Wildman–Crippen MR) is 139 cm³/mol. The van der Waals surface area contributed by atoms with Gasteiger partial charge in [0.2, 0.25) is 0 Å². The second-order valence-electron chi connectivity index (χ2n) is 8.54. The lowest BCUT2D eigenvalue weighted by molar-refractivity contribution is -0.139. The number of rotatable bonds is 10. The van der Waals surface area contributed by atoms with Crippen LogP contribution < -0.4 is 26.8 Å². The van der Waals surface area contributed by atoms with Crippen LogP contribution in [-0.4, -0.2) is 34.4 Å². The number of halogens is 1. The zero-order valence-electron chi connectivity index (χ0n) is 19.8. The zero-order chi connectivity index (χ0) is 26.5. The van der Waals surface area contributed by atoms with Gasteiger partial charge in [-0.15, -0.1) is 0 Å². The molecule has 0 radical (unpaired) electrons. The van der Waals surface area contributed by atoms with E-state index in [4.69, 9.17) is 38.3 Å². The number of hydrogen-bond donors (Lipinski definition) is 6. The van der Waals surface area contributed by atoms with Crippen molar-refractivity contribution in [2.45, 2.75) is 25.9 Å². The molecular formula is C25H27ClN6O4. The molecule has 3 aromatic rings. The molecule has 2 aromatic carbocycles. The van der Waals surface area contributed by atoms with E-state index >= 15 is 0 Å². The van der Waals surface area contributed by atoms with E-state index in [1.165, 1.54) is 6.07 Å². The number of amidine groups is 1. The molecule has 0 saturated heterocycles. The average Bonchev–Trinajstić information content (AvgIpc) is 2.81. The number of aliphatic carboxylic acids is 1. The fourth-order valence-electron chi connectivity index (χ4n) is 3.36. The molecule has 10 nitrogen and oxygen atoms in total. The Labute approximate surface area is 213 Å². The van der Waals surface area contributed by atoms with Gasteiger partial charge in [0.25, 0.3) is 5.91 Å². The Morgan fingerprint density at radius 1 is 1.17 bits per heavy atom. The summed E-state index contributed by atoms with van der Waals surface area (Å²) in [5.74, 6) is -1.34. The summed E-state index contributed by atoms with van der Waals surface area (Å²) in [6, 6.07) is 13.1. The summed E-state index contributed by atoms with van der Waals surface area (Å²) in [4.78, 5) is 28.5. The normalized spacial score (nSPS) is 11.0. The molecule has 11 heteroatoms.